The molecule has 11 heteroatoms. The highest BCUT2D eigenvalue weighted by Crippen LogP contribution is 2.24. The van der Waals surface area contributed by atoms with Crippen LogP contribution in [0.3, 0.4) is 0 Å². The molecule has 0 heterocycles. The van der Waals surface area contributed by atoms with E-state index in [0.717, 1.165) is 33.3 Å². The zero-order chi connectivity index (χ0) is 30.2. The average Bonchev–Trinajstić information content (AvgIpc) is 2.93. The zero-order valence-electron chi connectivity index (χ0n) is 23.7. The monoisotopic (exact) mass is 580 g/mol. The SMILES string of the molecule is Cc1ccc(CN(C(=O)CN(c2cccc([N+](=O)[O-])c2)S(C)(=O)=O)[C@H](Cc2ccccc2)C(=O)NCC(C)C)cc1. The normalized spacial score (nSPS) is 12.0. The molecule has 2 amide bonds. The summed E-state index contributed by atoms with van der Waals surface area (Å²) in [6, 6.07) is 20.9. The highest BCUT2D eigenvalue weighted by atomic mass is 32.2. The van der Waals surface area contributed by atoms with Crippen molar-refractivity contribution in [1.82, 2.24) is 10.2 Å². The Balaban J connectivity index is 2.06. The van der Waals surface area contributed by atoms with Crippen LogP contribution in [-0.2, 0) is 32.6 Å². The highest BCUT2D eigenvalue weighted by molar-refractivity contribution is 7.92. The number of nitro benzene ring substituents is 1. The van der Waals surface area contributed by atoms with E-state index in [9.17, 15) is 28.1 Å². The van der Waals surface area contributed by atoms with E-state index < -0.39 is 33.4 Å². The molecule has 41 heavy (non-hydrogen) atoms. The third kappa shape index (κ3) is 9.14. The van der Waals surface area contributed by atoms with Gasteiger partial charge in [0.05, 0.1) is 16.9 Å². The minimum atomic E-state index is -4.03. The average molecular weight is 581 g/mol. The van der Waals surface area contributed by atoms with Crippen molar-refractivity contribution in [2.45, 2.75) is 39.8 Å². The van der Waals surface area contributed by atoms with E-state index in [-0.39, 0.29) is 36.2 Å². The van der Waals surface area contributed by atoms with Crippen molar-refractivity contribution in [2.75, 3.05) is 23.7 Å². The lowest BCUT2D eigenvalue weighted by Crippen LogP contribution is -2.53. The van der Waals surface area contributed by atoms with Gasteiger partial charge in [0.25, 0.3) is 5.69 Å². The van der Waals surface area contributed by atoms with Crippen LogP contribution in [0.5, 0.6) is 0 Å². The van der Waals surface area contributed by atoms with Gasteiger partial charge in [-0.3, -0.25) is 24.0 Å². The predicted octanol–water partition coefficient (Wildman–Crippen LogP) is 4.08. The topological polar surface area (TPSA) is 130 Å². The van der Waals surface area contributed by atoms with Crippen LogP contribution in [0.1, 0.15) is 30.5 Å². The second kappa shape index (κ2) is 13.9. The van der Waals surface area contributed by atoms with Gasteiger partial charge in [0.1, 0.15) is 12.6 Å². The maximum atomic E-state index is 14.0. The summed E-state index contributed by atoms with van der Waals surface area (Å²) in [5, 5.41) is 14.3. The van der Waals surface area contributed by atoms with Crippen molar-refractivity contribution in [1.29, 1.82) is 0 Å². The molecule has 0 aliphatic heterocycles. The van der Waals surface area contributed by atoms with Gasteiger partial charge in [-0.2, -0.15) is 0 Å². The fourth-order valence-electron chi connectivity index (χ4n) is 4.24. The summed E-state index contributed by atoms with van der Waals surface area (Å²) < 4.78 is 26.5. The molecule has 0 aliphatic carbocycles. The molecule has 0 aliphatic rings. The third-order valence-electron chi connectivity index (χ3n) is 6.44. The molecule has 0 fully saturated rings. The lowest BCUT2D eigenvalue weighted by Gasteiger charge is -2.33. The Morgan fingerprint density at radius 3 is 2.20 bits per heavy atom. The molecule has 0 radical (unpaired) electrons. The second-order valence-corrected chi connectivity index (χ2v) is 12.3. The number of carbonyl (C=O) groups is 2. The summed E-state index contributed by atoms with van der Waals surface area (Å²) in [6.07, 6.45) is 1.14. The van der Waals surface area contributed by atoms with Gasteiger partial charge in [0.2, 0.25) is 21.8 Å². The standard InChI is InChI=1S/C30H36N4O6S/c1-22(2)19-31-30(36)28(17-24-9-6-5-7-10-24)32(20-25-15-13-23(3)14-16-25)29(35)21-33(41(4,39)40)26-11-8-12-27(18-26)34(37)38/h5-16,18,22,28H,17,19-21H2,1-4H3,(H,31,36)/t28-/m1/s1. The zero-order valence-corrected chi connectivity index (χ0v) is 24.5. The third-order valence-corrected chi connectivity index (χ3v) is 7.58. The number of hydrogen-bond donors (Lipinski definition) is 1. The number of nitro groups is 1. The smallest absolute Gasteiger partial charge is 0.271 e. The minimum Gasteiger partial charge on any atom is -0.354 e. The Hall–Kier alpha value is -4.25. The van der Waals surface area contributed by atoms with Crippen LogP contribution in [0.25, 0.3) is 0 Å². The summed E-state index contributed by atoms with van der Waals surface area (Å²) in [7, 11) is -4.03. The number of non-ortho nitro benzene ring substituents is 1. The maximum absolute atomic E-state index is 14.0. The van der Waals surface area contributed by atoms with Crippen LogP contribution < -0.4 is 9.62 Å². The number of anilines is 1. The molecule has 1 N–H and O–H groups in total. The van der Waals surface area contributed by atoms with Gasteiger partial charge in [-0.15, -0.1) is 0 Å². The van der Waals surface area contributed by atoms with E-state index in [4.69, 9.17) is 0 Å². The molecule has 0 saturated carbocycles. The van der Waals surface area contributed by atoms with Gasteiger partial charge in [0, 0.05) is 31.6 Å². The predicted molar refractivity (Wildman–Crippen MR) is 159 cm³/mol. The first kappa shape index (κ1) is 31.3. The number of benzene rings is 3. The second-order valence-electron chi connectivity index (χ2n) is 10.4. The van der Waals surface area contributed by atoms with Gasteiger partial charge in [-0.1, -0.05) is 80.1 Å². The van der Waals surface area contributed by atoms with E-state index in [1.807, 2.05) is 75.4 Å². The van der Waals surface area contributed by atoms with Crippen LogP contribution in [0.2, 0.25) is 0 Å². The molecular formula is C30H36N4O6S. The number of amides is 2. The minimum absolute atomic E-state index is 0.0193. The molecule has 3 rings (SSSR count). The van der Waals surface area contributed by atoms with Gasteiger partial charge in [-0.25, -0.2) is 8.42 Å². The number of carbonyl (C=O) groups excluding carboxylic acids is 2. The molecule has 0 unspecified atom stereocenters. The summed E-state index contributed by atoms with van der Waals surface area (Å²) in [5.74, 6) is -0.806. The van der Waals surface area contributed by atoms with Crippen molar-refractivity contribution < 1.29 is 22.9 Å². The molecule has 218 valence electrons. The van der Waals surface area contributed by atoms with Crippen LogP contribution in [0.4, 0.5) is 11.4 Å². The Morgan fingerprint density at radius 2 is 1.61 bits per heavy atom. The number of hydrogen-bond acceptors (Lipinski definition) is 6. The van der Waals surface area contributed by atoms with Crippen molar-refractivity contribution >= 4 is 33.2 Å². The number of nitrogens with one attached hydrogen (secondary N) is 1. The molecule has 3 aromatic carbocycles. The Kier molecular flexibility index (Phi) is 10.6. The lowest BCUT2D eigenvalue weighted by molar-refractivity contribution is -0.384. The largest absolute Gasteiger partial charge is 0.354 e. The van der Waals surface area contributed by atoms with Crippen molar-refractivity contribution in [3.8, 4) is 0 Å². The van der Waals surface area contributed by atoms with Crippen LogP contribution >= 0.6 is 0 Å². The fraction of sp³-hybridized carbons (Fsp3) is 0.333. The lowest BCUT2D eigenvalue weighted by atomic mass is 10.0. The number of sulfonamides is 1. The first-order valence-electron chi connectivity index (χ1n) is 13.2. The fourth-order valence-corrected chi connectivity index (χ4v) is 5.08. The summed E-state index contributed by atoms with van der Waals surface area (Å²) >= 11 is 0. The van der Waals surface area contributed by atoms with Crippen molar-refractivity contribution in [3.63, 3.8) is 0 Å². The molecule has 1 atom stereocenters. The first-order valence-corrected chi connectivity index (χ1v) is 15.1. The van der Waals surface area contributed by atoms with E-state index in [0.29, 0.717) is 6.54 Å². The van der Waals surface area contributed by atoms with Crippen LogP contribution in [-0.4, -0.2) is 55.4 Å². The van der Waals surface area contributed by atoms with E-state index in [1.54, 1.807) is 0 Å². The summed E-state index contributed by atoms with van der Waals surface area (Å²) in [5.41, 5.74) is 2.29. The first-order chi connectivity index (χ1) is 19.3. The number of aryl methyl sites for hydroxylation is 1. The molecule has 0 bridgehead atoms. The maximum Gasteiger partial charge on any atom is 0.271 e. The molecule has 0 saturated heterocycles. The molecule has 10 nitrogen and oxygen atoms in total. The van der Waals surface area contributed by atoms with Crippen LogP contribution in [0, 0.1) is 23.0 Å². The summed E-state index contributed by atoms with van der Waals surface area (Å²) in [6.45, 7) is 5.68. The van der Waals surface area contributed by atoms with Gasteiger partial charge in [-0.05, 0) is 30.0 Å². The molecular weight excluding hydrogens is 544 g/mol. The molecule has 0 aromatic heterocycles. The Bertz CT molecular complexity index is 1460. The summed E-state index contributed by atoms with van der Waals surface area (Å²) in [4.78, 5) is 39.8. The number of nitrogens with zero attached hydrogens (tertiary/aromatic N) is 3. The van der Waals surface area contributed by atoms with Gasteiger partial charge >= 0.3 is 0 Å². The van der Waals surface area contributed by atoms with E-state index in [1.165, 1.54) is 23.1 Å². The van der Waals surface area contributed by atoms with Crippen molar-refractivity contribution in [3.05, 3.63) is 106 Å². The van der Waals surface area contributed by atoms with Gasteiger partial charge in [0.15, 0.2) is 0 Å². The van der Waals surface area contributed by atoms with Gasteiger partial charge < -0.3 is 10.2 Å². The van der Waals surface area contributed by atoms with Crippen LogP contribution in [0.15, 0.2) is 78.9 Å². The number of rotatable bonds is 13. The van der Waals surface area contributed by atoms with E-state index >= 15 is 0 Å². The highest BCUT2D eigenvalue weighted by Gasteiger charge is 2.33. The molecule has 0 spiro atoms. The Labute approximate surface area is 241 Å². The quantitative estimate of drug-likeness (QED) is 0.240. The van der Waals surface area contributed by atoms with E-state index in [2.05, 4.69) is 5.32 Å². The molecule has 3 aromatic rings. The van der Waals surface area contributed by atoms with Crippen molar-refractivity contribution in [2.24, 2.45) is 5.92 Å². The Morgan fingerprint density at radius 1 is 0.951 bits per heavy atom.